The molecule has 24 heavy (non-hydrogen) atoms. The van der Waals surface area contributed by atoms with Crippen molar-refractivity contribution in [1.29, 1.82) is 0 Å². The Balaban J connectivity index is 1.30. The maximum absolute atomic E-state index is 12.4. The number of pyridine rings is 1. The third kappa shape index (κ3) is 3.37. The molecule has 0 unspecified atom stereocenters. The molecular formula is C18H27N3O2S. The van der Waals surface area contributed by atoms with E-state index in [0.717, 1.165) is 64.1 Å². The highest BCUT2D eigenvalue weighted by atomic mass is 32.2. The Bertz CT molecular complexity index is 655. The molecule has 0 aromatic carbocycles. The second kappa shape index (κ2) is 6.39. The summed E-state index contributed by atoms with van der Waals surface area (Å²) >= 11 is 0. The summed E-state index contributed by atoms with van der Waals surface area (Å²) < 4.78 is 26.5. The quantitative estimate of drug-likeness (QED) is 0.837. The van der Waals surface area contributed by atoms with E-state index in [1.165, 1.54) is 12.8 Å². The Labute approximate surface area is 145 Å². The summed E-state index contributed by atoms with van der Waals surface area (Å²) in [6, 6.07) is 6.09. The van der Waals surface area contributed by atoms with Gasteiger partial charge >= 0.3 is 0 Å². The Morgan fingerprint density at radius 1 is 1.04 bits per heavy atom. The zero-order valence-corrected chi connectivity index (χ0v) is 15.0. The van der Waals surface area contributed by atoms with Crippen LogP contribution < -0.4 is 0 Å². The minimum atomic E-state index is -2.98. The van der Waals surface area contributed by atoms with Crippen LogP contribution in [-0.4, -0.2) is 54.0 Å². The molecule has 4 rings (SSSR count). The smallest absolute Gasteiger partial charge is 0.216 e. The van der Waals surface area contributed by atoms with Crippen molar-refractivity contribution >= 4 is 10.0 Å². The lowest BCUT2D eigenvalue weighted by Crippen LogP contribution is -2.48. The molecule has 3 aliphatic rings. The van der Waals surface area contributed by atoms with Crippen molar-refractivity contribution < 1.29 is 8.42 Å². The second-order valence-electron chi connectivity index (χ2n) is 7.74. The third-order valence-electron chi connectivity index (χ3n) is 6.12. The van der Waals surface area contributed by atoms with Gasteiger partial charge in [-0.3, -0.25) is 9.88 Å². The lowest BCUT2D eigenvalue weighted by atomic mass is 9.71. The lowest BCUT2D eigenvalue weighted by molar-refractivity contribution is 0.0524. The molecule has 1 aromatic heterocycles. The highest BCUT2D eigenvalue weighted by Crippen LogP contribution is 2.43. The average molecular weight is 350 g/mol. The molecule has 1 saturated carbocycles. The topological polar surface area (TPSA) is 53.5 Å². The third-order valence-corrected chi connectivity index (χ3v) is 8.52. The molecular weight excluding hydrogens is 322 g/mol. The number of nitrogens with zero attached hydrogens (tertiary/aromatic N) is 3. The number of hydrogen-bond donors (Lipinski definition) is 0. The molecule has 3 fully saturated rings. The zero-order chi connectivity index (χ0) is 16.6. The number of hydrogen-bond acceptors (Lipinski definition) is 4. The Morgan fingerprint density at radius 2 is 1.71 bits per heavy atom. The van der Waals surface area contributed by atoms with Crippen LogP contribution in [0.5, 0.6) is 0 Å². The number of sulfonamides is 1. The van der Waals surface area contributed by atoms with Crippen LogP contribution in [0.3, 0.4) is 0 Å². The van der Waals surface area contributed by atoms with Gasteiger partial charge in [0.05, 0.1) is 10.9 Å². The fraction of sp³-hybridized carbons (Fsp3) is 0.722. The van der Waals surface area contributed by atoms with E-state index in [4.69, 9.17) is 0 Å². The van der Waals surface area contributed by atoms with E-state index in [1.807, 2.05) is 18.3 Å². The fourth-order valence-corrected chi connectivity index (χ4v) is 6.04. The monoisotopic (exact) mass is 349 g/mol. The van der Waals surface area contributed by atoms with Crippen molar-refractivity contribution in [2.75, 3.05) is 26.2 Å². The van der Waals surface area contributed by atoms with Gasteiger partial charge in [0.25, 0.3) is 0 Å². The van der Waals surface area contributed by atoms with Crippen LogP contribution in [0.25, 0.3) is 0 Å². The van der Waals surface area contributed by atoms with Gasteiger partial charge in [-0.05, 0) is 69.2 Å². The minimum absolute atomic E-state index is 0.0632. The molecule has 0 atom stereocenters. The summed E-state index contributed by atoms with van der Waals surface area (Å²) in [5.41, 5.74) is 1.51. The zero-order valence-electron chi connectivity index (χ0n) is 14.2. The van der Waals surface area contributed by atoms with Gasteiger partial charge in [0, 0.05) is 25.8 Å². The Morgan fingerprint density at radius 3 is 2.29 bits per heavy atom. The van der Waals surface area contributed by atoms with Crippen LogP contribution in [0.1, 0.15) is 44.2 Å². The molecule has 6 heteroatoms. The van der Waals surface area contributed by atoms with Gasteiger partial charge in [-0.15, -0.1) is 0 Å². The van der Waals surface area contributed by atoms with Crippen molar-refractivity contribution in [2.24, 2.45) is 5.41 Å². The predicted molar refractivity (Wildman–Crippen MR) is 93.9 cm³/mol. The van der Waals surface area contributed by atoms with Crippen LogP contribution in [0.15, 0.2) is 24.4 Å². The fourth-order valence-electron chi connectivity index (χ4n) is 4.20. The van der Waals surface area contributed by atoms with Gasteiger partial charge in [0.15, 0.2) is 0 Å². The highest BCUT2D eigenvalue weighted by molar-refractivity contribution is 7.90. The van der Waals surface area contributed by atoms with Crippen molar-refractivity contribution in [3.8, 4) is 0 Å². The lowest BCUT2D eigenvalue weighted by Gasteiger charge is -2.46. The van der Waals surface area contributed by atoms with E-state index in [0.29, 0.717) is 5.41 Å². The summed E-state index contributed by atoms with van der Waals surface area (Å²) in [6.45, 7) is 4.61. The molecule has 0 radical (unpaired) electrons. The van der Waals surface area contributed by atoms with Gasteiger partial charge in [0.1, 0.15) is 0 Å². The summed E-state index contributed by atoms with van der Waals surface area (Å²) in [7, 11) is -2.98. The number of rotatable bonds is 4. The summed E-state index contributed by atoms with van der Waals surface area (Å²) in [5.74, 6) is 0. The van der Waals surface area contributed by atoms with Gasteiger partial charge < -0.3 is 0 Å². The highest BCUT2D eigenvalue weighted by Gasteiger charge is 2.44. The van der Waals surface area contributed by atoms with Gasteiger partial charge in [0.2, 0.25) is 10.0 Å². The van der Waals surface area contributed by atoms with Crippen LogP contribution in [0.2, 0.25) is 0 Å². The maximum Gasteiger partial charge on any atom is 0.216 e. The molecule has 0 N–H and O–H groups in total. The number of piperidine rings is 2. The molecule has 132 valence electrons. The van der Waals surface area contributed by atoms with E-state index in [1.54, 1.807) is 4.31 Å². The molecule has 2 aliphatic heterocycles. The Hall–Kier alpha value is -0.980. The molecule has 1 aromatic rings. The second-order valence-corrected chi connectivity index (χ2v) is 9.95. The number of aromatic nitrogens is 1. The standard InChI is InChI=1S/C18H27N3O2S/c22-24(23,17-4-5-17)21-13-8-18(9-14-21)6-11-20(12-7-18)15-16-3-1-2-10-19-16/h1-3,10,17H,4-9,11-15H2. The van der Waals surface area contributed by atoms with E-state index in [2.05, 4.69) is 16.0 Å². The van der Waals surface area contributed by atoms with Gasteiger partial charge in [-0.25, -0.2) is 12.7 Å². The van der Waals surface area contributed by atoms with Crippen LogP contribution in [0, 0.1) is 5.41 Å². The van der Waals surface area contributed by atoms with Crippen molar-refractivity contribution in [3.63, 3.8) is 0 Å². The van der Waals surface area contributed by atoms with Crippen LogP contribution in [0.4, 0.5) is 0 Å². The van der Waals surface area contributed by atoms with Crippen molar-refractivity contribution in [2.45, 2.75) is 50.3 Å². The molecule has 1 spiro atoms. The maximum atomic E-state index is 12.4. The predicted octanol–water partition coefficient (Wildman–Crippen LogP) is 2.25. The van der Waals surface area contributed by atoms with E-state index in [9.17, 15) is 8.42 Å². The van der Waals surface area contributed by atoms with Gasteiger partial charge in [-0.2, -0.15) is 0 Å². The molecule has 0 bridgehead atoms. The molecule has 1 aliphatic carbocycles. The first kappa shape index (κ1) is 16.5. The first-order valence-electron chi connectivity index (χ1n) is 9.19. The SMILES string of the molecule is O=S(=O)(C1CC1)N1CCC2(CCN(Cc3ccccn3)CC2)CC1. The van der Waals surface area contributed by atoms with Gasteiger partial charge in [-0.1, -0.05) is 6.07 Å². The first-order valence-corrected chi connectivity index (χ1v) is 10.7. The van der Waals surface area contributed by atoms with Crippen molar-refractivity contribution in [3.05, 3.63) is 30.1 Å². The molecule has 0 amide bonds. The average Bonchev–Trinajstić information content (AvgIpc) is 3.44. The summed E-state index contributed by atoms with van der Waals surface area (Å²) in [6.07, 6.45) is 8.05. The largest absolute Gasteiger partial charge is 0.297 e. The van der Waals surface area contributed by atoms with Crippen molar-refractivity contribution in [1.82, 2.24) is 14.2 Å². The summed E-state index contributed by atoms with van der Waals surface area (Å²) in [5, 5.41) is -0.0632. The normalized spacial score (nSPS) is 25.8. The van der Waals surface area contributed by atoms with Crippen LogP contribution >= 0.6 is 0 Å². The van der Waals surface area contributed by atoms with E-state index >= 15 is 0 Å². The minimum Gasteiger partial charge on any atom is -0.297 e. The van der Waals surface area contributed by atoms with E-state index in [-0.39, 0.29) is 5.25 Å². The Kier molecular flexibility index (Phi) is 4.39. The molecule has 5 nitrogen and oxygen atoms in total. The molecule has 2 saturated heterocycles. The summed E-state index contributed by atoms with van der Waals surface area (Å²) in [4.78, 5) is 6.91. The van der Waals surface area contributed by atoms with E-state index < -0.39 is 10.0 Å². The van der Waals surface area contributed by atoms with Crippen LogP contribution in [-0.2, 0) is 16.6 Å². The molecule has 3 heterocycles. The number of likely N-dealkylation sites (tertiary alicyclic amines) is 1. The first-order chi connectivity index (χ1) is 11.6.